The van der Waals surface area contributed by atoms with E-state index in [2.05, 4.69) is 21.1 Å². The van der Waals surface area contributed by atoms with E-state index in [1.165, 1.54) is 6.08 Å². The molecule has 0 spiro atoms. The topological polar surface area (TPSA) is 51.0 Å². The van der Waals surface area contributed by atoms with E-state index in [9.17, 15) is 4.79 Å². The van der Waals surface area contributed by atoms with Gasteiger partial charge in [0.15, 0.2) is 5.65 Å². The maximum Gasteiger partial charge on any atom is 0.245 e. The molecule has 2 aromatic heterocycles. The second-order valence-corrected chi connectivity index (χ2v) is 5.14. The Morgan fingerprint density at radius 3 is 2.90 bits per heavy atom. The number of aryl methyl sites for hydroxylation is 1. The smallest absolute Gasteiger partial charge is 0.245 e. The third-order valence-corrected chi connectivity index (χ3v) is 3.94. The number of likely N-dealkylation sites (tertiary alicyclic amines) is 1. The zero-order valence-electron chi connectivity index (χ0n) is 11.6. The number of piperidine rings is 1. The number of carbonyl (C=O) groups is 1. The first-order valence-electron chi connectivity index (χ1n) is 6.91. The molecule has 0 unspecified atom stereocenters. The number of pyridine rings is 1. The van der Waals surface area contributed by atoms with Crippen LogP contribution in [-0.2, 0) is 4.79 Å². The van der Waals surface area contributed by atoms with Gasteiger partial charge in [-0.15, -0.1) is 0 Å². The van der Waals surface area contributed by atoms with E-state index in [1.54, 1.807) is 6.20 Å². The number of carbonyl (C=O) groups excluding carboxylic acids is 1. The summed E-state index contributed by atoms with van der Waals surface area (Å²) in [6, 6.07) is 4.26. The molecular weight excluding hydrogens is 252 g/mol. The molecule has 3 heterocycles. The van der Waals surface area contributed by atoms with Crippen LogP contribution in [0.5, 0.6) is 0 Å². The number of rotatable bonds is 2. The van der Waals surface area contributed by atoms with Crippen LogP contribution in [0.25, 0.3) is 11.2 Å². The standard InChI is InChI=1S/C15H18N4O/c1-3-14(20)18-9-6-12(7-10-18)19-11(2)17-13-5-4-8-16-15(13)19/h3-5,8,12H,1,6-7,9-10H2,2H3. The van der Waals surface area contributed by atoms with Crippen molar-refractivity contribution in [2.45, 2.75) is 25.8 Å². The molecule has 1 aliphatic heterocycles. The van der Waals surface area contributed by atoms with Crippen LogP contribution >= 0.6 is 0 Å². The fourth-order valence-electron chi connectivity index (χ4n) is 2.95. The van der Waals surface area contributed by atoms with Crippen molar-refractivity contribution in [1.29, 1.82) is 0 Å². The van der Waals surface area contributed by atoms with Crippen LogP contribution in [0.3, 0.4) is 0 Å². The molecule has 0 bridgehead atoms. The van der Waals surface area contributed by atoms with Crippen LogP contribution in [0.15, 0.2) is 31.0 Å². The van der Waals surface area contributed by atoms with Crippen LogP contribution < -0.4 is 0 Å². The Kier molecular flexibility index (Phi) is 3.26. The SMILES string of the molecule is C=CC(=O)N1CCC(n2c(C)nc3cccnc32)CC1. The van der Waals surface area contributed by atoms with Gasteiger partial charge in [-0.25, -0.2) is 9.97 Å². The summed E-state index contributed by atoms with van der Waals surface area (Å²) in [4.78, 5) is 22.5. The number of nitrogens with zero attached hydrogens (tertiary/aromatic N) is 4. The Hall–Kier alpha value is -2.17. The van der Waals surface area contributed by atoms with Crippen LogP contribution in [0, 0.1) is 6.92 Å². The number of amides is 1. The zero-order chi connectivity index (χ0) is 14.1. The Bertz CT molecular complexity index is 653. The largest absolute Gasteiger partial charge is 0.339 e. The van der Waals surface area contributed by atoms with Crippen LogP contribution in [0.2, 0.25) is 0 Å². The summed E-state index contributed by atoms with van der Waals surface area (Å²) < 4.78 is 2.21. The van der Waals surface area contributed by atoms with E-state index in [0.29, 0.717) is 6.04 Å². The first-order chi connectivity index (χ1) is 9.70. The number of hydrogen-bond donors (Lipinski definition) is 0. The summed E-state index contributed by atoms with van der Waals surface area (Å²) >= 11 is 0. The van der Waals surface area contributed by atoms with Crippen LogP contribution in [0.4, 0.5) is 0 Å². The van der Waals surface area contributed by atoms with E-state index in [1.807, 2.05) is 24.0 Å². The zero-order valence-corrected chi connectivity index (χ0v) is 11.6. The maximum absolute atomic E-state index is 11.6. The second kappa shape index (κ2) is 5.07. The second-order valence-electron chi connectivity index (χ2n) is 5.14. The highest BCUT2D eigenvalue weighted by molar-refractivity contribution is 5.87. The Morgan fingerprint density at radius 2 is 2.20 bits per heavy atom. The van der Waals surface area contributed by atoms with Crippen molar-refractivity contribution in [3.63, 3.8) is 0 Å². The van der Waals surface area contributed by atoms with Gasteiger partial charge in [0, 0.05) is 25.3 Å². The molecule has 5 heteroatoms. The summed E-state index contributed by atoms with van der Waals surface area (Å²) in [6.45, 7) is 7.09. The molecule has 0 saturated carbocycles. The Labute approximate surface area is 117 Å². The summed E-state index contributed by atoms with van der Waals surface area (Å²) in [5.41, 5.74) is 1.88. The monoisotopic (exact) mass is 270 g/mol. The summed E-state index contributed by atoms with van der Waals surface area (Å²) in [6.07, 6.45) is 5.06. The summed E-state index contributed by atoms with van der Waals surface area (Å²) in [7, 11) is 0. The van der Waals surface area contributed by atoms with Crippen molar-refractivity contribution in [2.75, 3.05) is 13.1 Å². The van der Waals surface area contributed by atoms with Crippen molar-refractivity contribution in [2.24, 2.45) is 0 Å². The molecule has 3 rings (SSSR count). The lowest BCUT2D eigenvalue weighted by atomic mass is 10.0. The molecule has 0 N–H and O–H groups in total. The normalized spacial score (nSPS) is 16.6. The van der Waals surface area contributed by atoms with Crippen LogP contribution in [-0.4, -0.2) is 38.4 Å². The fourth-order valence-corrected chi connectivity index (χ4v) is 2.95. The fraction of sp³-hybridized carbons (Fsp3) is 0.400. The first-order valence-corrected chi connectivity index (χ1v) is 6.91. The van der Waals surface area contributed by atoms with Crippen molar-refractivity contribution in [1.82, 2.24) is 19.4 Å². The van der Waals surface area contributed by atoms with Gasteiger partial charge in [0.1, 0.15) is 11.3 Å². The molecule has 0 radical (unpaired) electrons. The minimum Gasteiger partial charge on any atom is -0.339 e. The van der Waals surface area contributed by atoms with Gasteiger partial charge in [0.05, 0.1) is 0 Å². The Morgan fingerprint density at radius 1 is 1.45 bits per heavy atom. The van der Waals surface area contributed by atoms with Gasteiger partial charge in [-0.1, -0.05) is 6.58 Å². The van der Waals surface area contributed by atoms with Gasteiger partial charge in [0.25, 0.3) is 0 Å². The quantitative estimate of drug-likeness (QED) is 0.785. The third kappa shape index (κ3) is 2.09. The van der Waals surface area contributed by atoms with Crippen molar-refractivity contribution in [3.8, 4) is 0 Å². The van der Waals surface area contributed by atoms with E-state index >= 15 is 0 Å². The van der Waals surface area contributed by atoms with Crippen LogP contribution in [0.1, 0.15) is 24.7 Å². The van der Waals surface area contributed by atoms with E-state index in [4.69, 9.17) is 0 Å². The van der Waals surface area contributed by atoms with E-state index in [0.717, 1.165) is 42.9 Å². The molecule has 0 aromatic carbocycles. The molecule has 0 aliphatic carbocycles. The molecule has 0 atom stereocenters. The highest BCUT2D eigenvalue weighted by atomic mass is 16.2. The number of fused-ring (bicyclic) bond motifs is 1. The lowest BCUT2D eigenvalue weighted by molar-refractivity contribution is -0.127. The molecule has 1 amide bonds. The first kappa shape index (κ1) is 12.8. The van der Waals surface area contributed by atoms with Gasteiger partial charge in [-0.3, -0.25) is 4.79 Å². The van der Waals surface area contributed by atoms with E-state index < -0.39 is 0 Å². The summed E-state index contributed by atoms with van der Waals surface area (Å²) in [5.74, 6) is 1.01. The van der Waals surface area contributed by atoms with Crippen molar-refractivity contribution >= 4 is 17.1 Å². The molecular formula is C15H18N4O. The van der Waals surface area contributed by atoms with E-state index in [-0.39, 0.29) is 5.91 Å². The lowest BCUT2D eigenvalue weighted by Gasteiger charge is -2.32. The van der Waals surface area contributed by atoms with Gasteiger partial charge >= 0.3 is 0 Å². The molecule has 1 fully saturated rings. The third-order valence-electron chi connectivity index (χ3n) is 3.94. The molecule has 1 aliphatic rings. The number of aromatic nitrogens is 3. The average Bonchev–Trinajstić information content (AvgIpc) is 2.82. The minimum atomic E-state index is 0.0220. The van der Waals surface area contributed by atoms with Crippen molar-refractivity contribution in [3.05, 3.63) is 36.8 Å². The predicted octanol–water partition coefficient (Wildman–Crippen LogP) is 2.09. The lowest BCUT2D eigenvalue weighted by Crippen LogP contribution is -2.38. The Balaban J connectivity index is 1.85. The highest BCUT2D eigenvalue weighted by Gasteiger charge is 2.25. The molecule has 1 saturated heterocycles. The molecule has 5 nitrogen and oxygen atoms in total. The predicted molar refractivity (Wildman–Crippen MR) is 77.3 cm³/mol. The summed E-state index contributed by atoms with van der Waals surface area (Å²) in [5, 5.41) is 0. The molecule has 2 aromatic rings. The molecule has 104 valence electrons. The maximum atomic E-state index is 11.6. The number of imidazole rings is 1. The van der Waals surface area contributed by atoms with Gasteiger partial charge in [-0.2, -0.15) is 0 Å². The molecule has 20 heavy (non-hydrogen) atoms. The van der Waals surface area contributed by atoms with Gasteiger partial charge in [0.2, 0.25) is 5.91 Å². The van der Waals surface area contributed by atoms with Crippen molar-refractivity contribution < 1.29 is 4.79 Å². The average molecular weight is 270 g/mol. The minimum absolute atomic E-state index is 0.0220. The highest BCUT2D eigenvalue weighted by Crippen LogP contribution is 2.27. The van der Waals surface area contributed by atoms with Gasteiger partial charge < -0.3 is 9.47 Å². The number of hydrogen-bond acceptors (Lipinski definition) is 3. The van der Waals surface area contributed by atoms with Gasteiger partial charge in [-0.05, 0) is 38.0 Å².